The van der Waals surface area contributed by atoms with Gasteiger partial charge in [0.2, 0.25) is 11.8 Å². The van der Waals surface area contributed by atoms with Crippen LogP contribution < -0.4 is 10.5 Å². The average Bonchev–Trinajstić information content (AvgIpc) is 2.80. The van der Waals surface area contributed by atoms with Crippen molar-refractivity contribution in [3.8, 4) is 11.6 Å². The number of methoxy groups -OCH3 is 1. The highest BCUT2D eigenvalue weighted by Crippen LogP contribution is 2.31. The van der Waals surface area contributed by atoms with E-state index in [-0.39, 0.29) is 21.9 Å². The standard InChI is InChI=1S/C12H8Cl2FN5O/c1-21-11-9-10(17-4-18-11)20(12(16)19-9)5-2-6(13)8(15)7(14)3-5/h2-4H,1H3,(H2,16,19). The molecule has 2 aromatic heterocycles. The van der Waals surface area contributed by atoms with Crippen molar-refractivity contribution in [1.29, 1.82) is 0 Å². The number of rotatable bonds is 2. The van der Waals surface area contributed by atoms with Crippen LogP contribution in [-0.2, 0) is 0 Å². The van der Waals surface area contributed by atoms with Gasteiger partial charge in [-0.2, -0.15) is 4.98 Å². The van der Waals surface area contributed by atoms with Crippen LogP contribution in [-0.4, -0.2) is 26.6 Å². The topological polar surface area (TPSA) is 78.8 Å². The Morgan fingerprint density at radius 1 is 1.24 bits per heavy atom. The number of benzene rings is 1. The van der Waals surface area contributed by atoms with Gasteiger partial charge in [-0.25, -0.2) is 14.4 Å². The molecule has 2 heterocycles. The molecule has 0 fully saturated rings. The molecule has 9 heteroatoms. The predicted octanol–water partition coefficient (Wildman–Crippen LogP) is 2.85. The van der Waals surface area contributed by atoms with Gasteiger partial charge >= 0.3 is 0 Å². The molecule has 0 bridgehead atoms. The molecule has 2 N–H and O–H groups in total. The number of hydrogen-bond donors (Lipinski definition) is 1. The average molecular weight is 328 g/mol. The zero-order valence-corrected chi connectivity index (χ0v) is 12.2. The maximum Gasteiger partial charge on any atom is 0.245 e. The lowest BCUT2D eigenvalue weighted by atomic mass is 10.3. The van der Waals surface area contributed by atoms with Crippen molar-refractivity contribution in [1.82, 2.24) is 19.5 Å². The lowest BCUT2D eigenvalue weighted by molar-refractivity contribution is 0.401. The summed E-state index contributed by atoms with van der Waals surface area (Å²) < 4.78 is 20.1. The Hall–Kier alpha value is -2.12. The van der Waals surface area contributed by atoms with E-state index in [0.717, 1.165) is 0 Å². The summed E-state index contributed by atoms with van der Waals surface area (Å²) in [6, 6.07) is 2.77. The molecule has 21 heavy (non-hydrogen) atoms. The molecule has 0 radical (unpaired) electrons. The first-order valence-electron chi connectivity index (χ1n) is 5.70. The van der Waals surface area contributed by atoms with E-state index in [0.29, 0.717) is 16.9 Å². The summed E-state index contributed by atoms with van der Waals surface area (Å²) in [5.41, 5.74) is 7.12. The van der Waals surface area contributed by atoms with Crippen LogP contribution in [0.2, 0.25) is 10.0 Å². The van der Waals surface area contributed by atoms with Crippen molar-refractivity contribution < 1.29 is 9.13 Å². The fourth-order valence-corrected chi connectivity index (χ4v) is 2.44. The van der Waals surface area contributed by atoms with Gasteiger partial charge in [0.25, 0.3) is 0 Å². The fourth-order valence-electron chi connectivity index (χ4n) is 1.96. The van der Waals surface area contributed by atoms with E-state index in [1.807, 2.05) is 0 Å². The van der Waals surface area contributed by atoms with Crippen molar-refractivity contribution in [3.05, 3.63) is 34.3 Å². The third-order valence-corrected chi connectivity index (χ3v) is 3.41. The summed E-state index contributed by atoms with van der Waals surface area (Å²) in [4.78, 5) is 12.2. The number of fused-ring (bicyclic) bond motifs is 1. The molecule has 0 saturated heterocycles. The van der Waals surface area contributed by atoms with Gasteiger partial charge in [-0.15, -0.1) is 0 Å². The molecule has 3 rings (SSSR count). The van der Waals surface area contributed by atoms with Gasteiger partial charge in [0.1, 0.15) is 6.33 Å². The maximum atomic E-state index is 13.5. The largest absolute Gasteiger partial charge is 0.479 e. The summed E-state index contributed by atoms with van der Waals surface area (Å²) >= 11 is 11.6. The third kappa shape index (κ3) is 2.14. The minimum Gasteiger partial charge on any atom is -0.479 e. The van der Waals surface area contributed by atoms with Gasteiger partial charge in [0.15, 0.2) is 17.0 Å². The monoisotopic (exact) mass is 327 g/mol. The summed E-state index contributed by atoms with van der Waals surface area (Å²) in [7, 11) is 1.46. The van der Waals surface area contributed by atoms with Gasteiger partial charge < -0.3 is 10.5 Å². The van der Waals surface area contributed by atoms with Crippen LogP contribution in [0.4, 0.5) is 10.3 Å². The highest BCUT2D eigenvalue weighted by molar-refractivity contribution is 6.35. The zero-order chi connectivity index (χ0) is 15.1. The molecule has 108 valence electrons. The van der Waals surface area contributed by atoms with E-state index in [9.17, 15) is 4.39 Å². The molecular formula is C12H8Cl2FN5O. The number of hydrogen-bond acceptors (Lipinski definition) is 5. The fraction of sp³-hybridized carbons (Fsp3) is 0.0833. The van der Waals surface area contributed by atoms with E-state index >= 15 is 0 Å². The van der Waals surface area contributed by atoms with Gasteiger partial charge in [-0.1, -0.05) is 23.2 Å². The molecule has 0 aliphatic heterocycles. The number of nitrogens with zero attached hydrogens (tertiary/aromatic N) is 4. The van der Waals surface area contributed by atoms with Gasteiger partial charge in [0, 0.05) is 0 Å². The highest BCUT2D eigenvalue weighted by Gasteiger charge is 2.18. The number of nitrogens with two attached hydrogens (primary N) is 1. The lowest BCUT2D eigenvalue weighted by Gasteiger charge is -2.08. The van der Waals surface area contributed by atoms with Crippen molar-refractivity contribution in [3.63, 3.8) is 0 Å². The van der Waals surface area contributed by atoms with Gasteiger partial charge in [-0.05, 0) is 12.1 Å². The van der Waals surface area contributed by atoms with Crippen molar-refractivity contribution in [2.45, 2.75) is 0 Å². The van der Waals surface area contributed by atoms with Crippen molar-refractivity contribution >= 4 is 40.3 Å². The van der Waals surface area contributed by atoms with Gasteiger partial charge in [0.05, 0.1) is 22.8 Å². The molecule has 0 unspecified atom stereocenters. The van der Waals surface area contributed by atoms with Crippen LogP contribution in [0.3, 0.4) is 0 Å². The smallest absolute Gasteiger partial charge is 0.245 e. The van der Waals surface area contributed by atoms with E-state index < -0.39 is 5.82 Å². The molecule has 0 aliphatic rings. The number of halogens is 3. The SMILES string of the molecule is COc1ncnc2c1nc(N)n2-c1cc(Cl)c(F)c(Cl)c1. The number of nitrogen functional groups attached to an aromatic ring is 1. The van der Waals surface area contributed by atoms with Crippen LogP contribution in [0, 0.1) is 5.82 Å². The molecule has 3 aromatic rings. The summed E-state index contributed by atoms with van der Waals surface area (Å²) in [5.74, 6) is -0.287. The minimum atomic E-state index is -0.697. The molecule has 0 saturated carbocycles. The Balaban J connectivity index is 2.33. The van der Waals surface area contributed by atoms with Crippen LogP contribution in [0.1, 0.15) is 0 Å². The number of imidazole rings is 1. The normalized spacial score (nSPS) is 11.0. The van der Waals surface area contributed by atoms with E-state index in [1.165, 1.54) is 30.1 Å². The number of anilines is 1. The van der Waals surface area contributed by atoms with E-state index in [1.54, 1.807) is 0 Å². The minimum absolute atomic E-state index is 0.125. The van der Waals surface area contributed by atoms with E-state index in [4.69, 9.17) is 33.7 Å². The Kier molecular flexibility index (Phi) is 3.30. The molecule has 0 spiro atoms. The summed E-state index contributed by atoms with van der Waals surface area (Å²) in [5, 5.41) is -0.250. The second-order valence-electron chi connectivity index (χ2n) is 4.08. The summed E-state index contributed by atoms with van der Waals surface area (Å²) in [6.45, 7) is 0. The first-order chi connectivity index (χ1) is 10.0. The Morgan fingerprint density at radius 3 is 2.52 bits per heavy atom. The molecule has 0 aliphatic carbocycles. The molecular weight excluding hydrogens is 320 g/mol. The number of ether oxygens (including phenoxy) is 1. The van der Waals surface area contributed by atoms with Crippen LogP contribution in [0.25, 0.3) is 16.9 Å². The first-order valence-corrected chi connectivity index (χ1v) is 6.46. The molecule has 6 nitrogen and oxygen atoms in total. The van der Waals surface area contributed by atoms with Crippen molar-refractivity contribution in [2.75, 3.05) is 12.8 Å². The Bertz CT molecular complexity index is 828. The van der Waals surface area contributed by atoms with Crippen LogP contribution >= 0.6 is 23.2 Å². The van der Waals surface area contributed by atoms with E-state index in [2.05, 4.69) is 15.0 Å². The van der Waals surface area contributed by atoms with Crippen LogP contribution in [0.15, 0.2) is 18.5 Å². The lowest BCUT2D eigenvalue weighted by Crippen LogP contribution is -2.02. The molecule has 0 amide bonds. The molecule has 1 aromatic carbocycles. The van der Waals surface area contributed by atoms with Crippen LogP contribution in [0.5, 0.6) is 5.88 Å². The number of aromatic nitrogens is 4. The summed E-state index contributed by atoms with van der Waals surface area (Å²) in [6.07, 6.45) is 1.31. The highest BCUT2D eigenvalue weighted by atomic mass is 35.5. The second-order valence-corrected chi connectivity index (χ2v) is 4.90. The maximum absolute atomic E-state index is 13.5. The van der Waals surface area contributed by atoms with Gasteiger partial charge in [-0.3, -0.25) is 4.57 Å². The third-order valence-electron chi connectivity index (χ3n) is 2.86. The molecule has 0 atom stereocenters. The second kappa shape index (κ2) is 5.01. The Morgan fingerprint density at radius 2 is 1.90 bits per heavy atom. The predicted molar refractivity (Wildman–Crippen MR) is 77.6 cm³/mol. The Labute approximate surface area is 128 Å². The van der Waals surface area contributed by atoms with Crippen molar-refractivity contribution in [2.24, 2.45) is 0 Å². The first kappa shape index (κ1) is 13.8. The zero-order valence-electron chi connectivity index (χ0n) is 10.6. The quantitative estimate of drug-likeness (QED) is 0.732.